The number of carboxylic acids is 1. The fraction of sp³-hybridized carbons (Fsp3) is 0.429. The number of aliphatic carboxylic acids is 1. The Morgan fingerprint density at radius 1 is 1.30 bits per heavy atom. The van der Waals surface area contributed by atoms with E-state index in [2.05, 4.69) is 5.32 Å². The lowest BCUT2D eigenvalue weighted by atomic mass is 10.0. The molecule has 108 valence electrons. The van der Waals surface area contributed by atoms with E-state index in [4.69, 9.17) is 5.11 Å². The molecule has 1 aliphatic rings. The molecule has 0 radical (unpaired) electrons. The van der Waals surface area contributed by atoms with E-state index in [0.717, 1.165) is 5.56 Å². The molecule has 1 fully saturated rings. The average molecular weight is 278 g/mol. The number of likely N-dealkylation sites (tertiary alicyclic amines) is 1. The number of urea groups is 1. The van der Waals surface area contributed by atoms with Crippen LogP contribution < -0.4 is 5.32 Å². The second-order valence-corrected chi connectivity index (χ2v) is 4.89. The molecule has 1 unspecified atom stereocenters. The van der Waals surface area contributed by atoms with Crippen molar-refractivity contribution in [1.82, 2.24) is 10.2 Å². The van der Waals surface area contributed by atoms with Gasteiger partial charge in [0.15, 0.2) is 0 Å². The maximum absolute atomic E-state index is 11.9. The zero-order chi connectivity index (χ0) is 14.5. The molecular weight excluding hydrogens is 260 g/mol. The van der Waals surface area contributed by atoms with Gasteiger partial charge in [-0.15, -0.1) is 0 Å². The highest BCUT2D eigenvalue weighted by Crippen LogP contribution is 2.11. The summed E-state index contributed by atoms with van der Waals surface area (Å²) in [5.41, 5.74) is 1.49. The number of hydrogen-bond donors (Lipinski definition) is 3. The minimum Gasteiger partial charge on any atom is -0.481 e. The first-order valence-corrected chi connectivity index (χ1v) is 6.55. The van der Waals surface area contributed by atoms with Crippen LogP contribution in [-0.4, -0.2) is 46.3 Å². The molecule has 0 aromatic heterocycles. The van der Waals surface area contributed by atoms with Gasteiger partial charge in [-0.05, 0) is 17.5 Å². The molecule has 1 heterocycles. The molecule has 1 aromatic rings. The third-order valence-corrected chi connectivity index (χ3v) is 3.34. The lowest BCUT2D eigenvalue weighted by Gasteiger charge is -2.17. The van der Waals surface area contributed by atoms with Crippen molar-refractivity contribution in [1.29, 1.82) is 0 Å². The number of nitrogens with one attached hydrogen (secondary N) is 1. The van der Waals surface area contributed by atoms with Crippen molar-refractivity contribution >= 4 is 12.0 Å². The summed E-state index contributed by atoms with van der Waals surface area (Å²) in [4.78, 5) is 24.2. The number of carboxylic acid groups (broad SMARTS) is 1. The molecular formula is C14H18N2O4. The molecule has 6 heteroatoms. The Morgan fingerprint density at radius 2 is 2.00 bits per heavy atom. The van der Waals surface area contributed by atoms with Gasteiger partial charge in [-0.2, -0.15) is 0 Å². The number of amides is 2. The molecule has 2 amide bonds. The maximum atomic E-state index is 11.9. The van der Waals surface area contributed by atoms with Crippen LogP contribution in [0.4, 0.5) is 4.79 Å². The first kappa shape index (κ1) is 14.3. The topological polar surface area (TPSA) is 89.9 Å². The van der Waals surface area contributed by atoms with Crippen molar-refractivity contribution in [3.63, 3.8) is 0 Å². The van der Waals surface area contributed by atoms with Crippen LogP contribution in [0.15, 0.2) is 24.3 Å². The zero-order valence-corrected chi connectivity index (χ0v) is 11.1. The molecule has 1 aliphatic heterocycles. The molecule has 2 rings (SSSR count). The standard InChI is InChI=1S/C14H18N2O4/c17-12-5-6-16(9-12)14(20)15-8-11-4-2-1-3-10(11)7-13(18)19/h1-4,12,17H,5-9H2,(H,15,20)(H,18,19). The Bertz CT molecular complexity index is 504. The minimum atomic E-state index is -0.897. The second-order valence-electron chi connectivity index (χ2n) is 4.89. The fourth-order valence-corrected chi connectivity index (χ4v) is 2.27. The highest BCUT2D eigenvalue weighted by atomic mass is 16.4. The van der Waals surface area contributed by atoms with Gasteiger partial charge >= 0.3 is 12.0 Å². The van der Waals surface area contributed by atoms with Crippen molar-refractivity contribution in [3.8, 4) is 0 Å². The largest absolute Gasteiger partial charge is 0.481 e. The Morgan fingerprint density at radius 3 is 2.60 bits per heavy atom. The molecule has 3 N–H and O–H groups in total. The third-order valence-electron chi connectivity index (χ3n) is 3.34. The van der Waals surface area contributed by atoms with E-state index in [0.29, 0.717) is 25.1 Å². The number of hydrogen-bond acceptors (Lipinski definition) is 3. The quantitative estimate of drug-likeness (QED) is 0.752. The molecule has 0 bridgehead atoms. The summed E-state index contributed by atoms with van der Waals surface area (Å²) in [5, 5.41) is 21.0. The Hall–Kier alpha value is -2.08. The first-order chi connectivity index (χ1) is 9.56. The van der Waals surface area contributed by atoms with Gasteiger partial charge in [0.2, 0.25) is 0 Å². The number of rotatable bonds is 4. The van der Waals surface area contributed by atoms with Gasteiger partial charge in [0, 0.05) is 19.6 Å². The highest BCUT2D eigenvalue weighted by Gasteiger charge is 2.24. The molecule has 1 saturated heterocycles. The molecule has 0 spiro atoms. The van der Waals surface area contributed by atoms with Gasteiger partial charge < -0.3 is 20.4 Å². The van der Waals surface area contributed by atoms with Crippen LogP contribution in [-0.2, 0) is 17.8 Å². The van der Waals surface area contributed by atoms with Crippen molar-refractivity contribution < 1.29 is 19.8 Å². The van der Waals surface area contributed by atoms with E-state index in [1.54, 1.807) is 23.1 Å². The molecule has 20 heavy (non-hydrogen) atoms. The van der Waals surface area contributed by atoms with E-state index in [1.807, 2.05) is 6.07 Å². The number of aliphatic hydroxyl groups is 1. The number of benzene rings is 1. The molecule has 6 nitrogen and oxygen atoms in total. The van der Waals surface area contributed by atoms with Gasteiger partial charge in [-0.1, -0.05) is 24.3 Å². The summed E-state index contributed by atoms with van der Waals surface area (Å²) in [6.45, 7) is 1.18. The van der Waals surface area contributed by atoms with Crippen LogP contribution in [0, 0.1) is 0 Å². The fourth-order valence-electron chi connectivity index (χ4n) is 2.27. The Labute approximate surface area is 117 Å². The predicted octanol–water partition coefficient (Wildman–Crippen LogP) is 0.590. The predicted molar refractivity (Wildman–Crippen MR) is 72.2 cm³/mol. The summed E-state index contributed by atoms with van der Waals surface area (Å²) in [5.74, 6) is -0.897. The van der Waals surface area contributed by atoms with E-state index < -0.39 is 12.1 Å². The average Bonchev–Trinajstić information content (AvgIpc) is 2.83. The molecule has 1 atom stereocenters. The highest BCUT2D eigenvalue weighted by molar-refractivity contribution is 5.75. The van der Waals surface area contributed by atoms with Gasteiger partial charge in [-0.3, -0.25) is 4.79 Å². The number of carbonyl (C=O) groups is 2. The Balaban J connectivity index is 1.93. The summed E-state index contributed by atoms with van der Waals surface area (Å²) in [6, 6.07) is 6.91. The second kappa shape index (κ2) is 6.38. The van der Waals surface area contributed by atoms with Gasteiger partial charge in [0.1, 0.15) is 0 Å². The number of β-amino-alcohol motifs (C(OH)–C–C–N with tert-alkyl or cyclic N) is 1. The van der Waals surface area contributed by atoms with Gasteiger partial charge in [-0.25, -0.2) is 4.79 Å². The summed E-state index contributed by atoms with van der Waals surface area (Å²) < 4.78 is 0. The van der Waals surface area contributed by atoms with Gasteiger partial charge in [0.25, 0.3) is 0 Å². The molecule has 0 saturated carbocycles. The summed E-state index contributed by atoms with van der Waals surface area (Å²) in [7, 11) is 0. The van der Waals surface area contributed by atoms with E-state index in [-0.39, 0.29) is 19.0 Å². The van der Waals surface area contributed by atoms with E-state index in [1.165, 1.54) is 0 Å². The lowest BCUT2D eigenvalue weighted by molar-refractivity contribution is -0.136. The van der Waals surface area contributed by atoms with Crippen LogP contribution in [0.1, 0.15) is 17.5 Å². The SMILES string of the molecule is O=C(O)Cc1ccccc1CNC(=O)N1CCC(O)C1. The number of aliphatic hydroxyl groups excluding tert-OH is 1. The normalized spacial score (nSPS) is 18.1. The maximum Gasteiger partial charge on any atom is 0.317 e. The summed E-state index contributed by atoms with van der Waals surface area (Å²) in [6.07, 6.45) is 0.0948. The van der Waals surface area contributed by atoms with Gasteiger partial charge in [0.05, 0.1) is 12.5 Å². The third kappa shape index (κ3) is 3.71. The van der Waals surface area contributed by atoms with Crippen LogP contribution in [0.5, 0.6) is 0 Å². The van der Waals surface area contributed by atoms with Crippen molar-refractivity contribution in [2.45, 2.75) is 25.5 Å². The summed E-state index contributed by atoms with van der Waals surface area (Å²) >= 11 is 0. The van der Waals surface area contributed by atoms with Crippen LogP contribution in [0.3, 0.4) is 0 Å². The van der Waals surface area contributed by atoms with Crippen molar-refractivity contribution in [2.24, 2.45) is 0 Å². The van der Waals surface area contributed by atoms with Crippen molar-refractivity contribution in [3.05, 3.63) is 35.4 Å². The van der Waals surface area contributed by atoms with E-state index in [9.17, 15) is 14.7 Å². The number of carbonyl (C=O) groups excluding carboxylic acids is 1. The molecule has 0 aliphatic carbocycles. The monoisotopic (exact) mass is 278 g/mol. The van der Waals surface area contributed by atoms with Crippen LogP contribution in [0.2, 0.25) is 0 Å². The molecule has 1 aromatic carbocycles. The van der Waals surface area contributed by atoms with Crippen LogP contribution in [0.25, 0.3) is 0 Å². The van der Waals surface area contributed by atoms with Crippen molar-refractivity contribution in [2.75, 3.05) is 13.1 Å². The smallest absolute Gasteiger partial charge is 0.317 e. The number of nitrogens with zero attached hydrogens (tertiary/aromatic N) is 1. The first-order valence-electron chi connectivity index (χ1n) is 6.55. The Kier molecular flexibility index (Phi) is 4.57. The van der Waals surface area contributed by atoms with Crippen LogP contribution >= 0.6 is 0 Å². The zero-order valence-electron chi connectivity index (χ0n) is 11.1. The minimum absolute atomic E-state index is 0.0610. The van der Waals surface area contributed by atoms with E-state index >= 15 is 0 Å². The lowest BCUT2D eigenvalue weighted by Crippen LogP contribution is -2.38.